The van der Waals surface area contributed by atoms with E-state index < -0.39 is 23.6 Å². The average Bonchev–Trinajstić information content (AvgIpc) is 2.64. The molecule has 0 heterocycles. The van der Waals surface area contributed by atoms with Gasteiger partial charge < -0.3 is 10.6 Å². The van der Waals surface area contributed by atoms with Crippen molar-refractivity contribution in [2.45, 2.75) is 25.3 Å². The molecule has 4 nitrogen and oxygen atoms in total. The molecule has 0 aliphatic carbocycles. The standard InChI is InChI=1S/C19H18Cl2F2N2O2/c1-24-19(27)18(12-6-8-15(22)16(23)10-12)25-17(26)4-2-3-11-5-7-13(20)14(21)9-11/h5-10,18H,2-4H2,1H3,(H,24,27)(H,25,26). The van der Waals surface area contributed by atoms with Crippen LogP contribution in [0, 0.1) is 11.6 Å². The summed E-state index contributed by atoms with van der Waals surface area (Å²) in [6, 6.07) is 7.19. The maximum atomic E-state index is 13.5. The van der Waals surface area contributed by atoms with Crippen LogP contribution in [0.4, 0.5) is 8.78 Å². The second-order valence-electron chi connectivity index (χ2n) is 5.89. The molecule has 0 radical (unpaired) electrons. The van der Waals surface area contributed by atoms with Crippen molar-refractivity contribution in [1.82, 2.24) is 10.6 Å². The van der Waals surface area contributed by atoms with Crippen LogP contribution in [0.2, 0.25) is 10.0 Å². The van der Waals surface area contributed by atoms with Crippen molar-refractivity contribution in [2.24, 2.45) is 0 Å². The molecule has 0 spiro atoms. The van der Waals surface area contributed by atoms with Crippen LogP contribution in [-0.4, -0.2) is 18.9 Å². The number of carbonyl (C=O) groups excluding carboxylic acids is 2. The largest absolute Gasteiger partial charge is 0.357 e. The first-order chi connectivity index (χ1) is 12.8. The van der Waals surface area contributed by atoms with Gasteiger partial charge in [-0.2, -0.15) is 0 Å². The van der Waals surface area contributed by atoms with E-state index in [2.05, 4.69) is 10.6 Å². The SMILES string of the molecule is CNC(=O)C(NC(=O)CCCc1ccc(Cl)c(Cl)c1)c1ccc(F)c(F)c1. The van der Waals surface area contributed by atoms with E-state index in [0.29, 0.717) is 22.9 Å². The van der Waals surface area contributed by atoms with E-state index in [9.17, 15) is 18.4 Å². The number of hydrogen-bond acceptors (Lipinski definition) is 2. The molecule has 0 aliphatic rings. The first-order valence-corrected chi connectivity index (χ1v) is 8.97. The minimum Gasteiger partial charge on any atom is -0.357 e. The van der Waals surface area contributed by atoms with Crippen molar-refractivity contribution >= 4 is 35.0 Å². The van der Waals surface area contributed by atoms with E-state index >= 15 is 0 Å². The van der Waals surface area contributed by atoms with Crippen LogP contribution in [0.5, 0.6) is 0 Å². The monoisotopic (exact) mass is 414 g/mol. The molecular weight excluding hydrogens is 397 g/mol. The molecule has 0 saturated heterocycles. The van der Waals surface area contributed by atoms with Crippen LogP contribution in [0.3, 0.4) is 0 Å². The molecule has 27 heavy (non-hydrogen) atoms. The zero-order valence-corrected chi connectivity index (χ0v) is 16.0. The summed E-state index contributed by atoms with van der Waals surface area (Å²) < 4.78 is 26.6. The van der Waals surface area contributed by atoms with E-state index in [1.807, 2.05) is 6.07 Å². The molecule has 0 aromatic heterocycles. The summed E-state index contributed by atoms with van der Waals surface area (Å²) in [6.45, 7) is 0. The Morgan fingerprint density at radius 1 is 1.04 bits per heavy atom. The van der Waals surface area contributed by atoms with Crippen LogP contribution in [-0.2, 0) is 16.0 Å². The number of hydrogen-bond donors (Lipinski definition) is 2. The van der Waals surface area contributed by atoms with E-state index in [4.69, 9.17) is 23.2 Å². The Balaban J connectivity index is 1.98. The van der Waals surface area contributed by atoms with Gasteiger partial charge in [0.25, 0.3) is 0 Å². The third-order valence-electron chi connectivity index (χ3n) is 3.94. The lowest BCUT2D eigenvalue weighted by Crippen LogP contribution is -2.39. The number of nitrogens with one attached hydrogen (secondary N) is 2. The Hall–Kier alpha value is -2.18. The molecule has 0 fully saturated rings. The highest BCUT2D eigenvalue weighted by atomic mass is 35.5. The van der Waals surface area contributed by atoms with Crippen LogP contribution in [0.25, 0.3) is 0 Å². The zero-order chi connectivity index (χ0) is 20.0. The maximum Gasteiger partial charge on any atom is 0.246 e. The van der Waals surface area contributed by atoms with Gasteiger partial charge in [-0.05, 0) is 48.2 Å². The molecule has 0 saturated carbocycles. The fourth-order valence-electron chi connectivity index (χ4n) is 2.52. The summed E-state index contributed by atoms with van der Waals surface area (Å²) in [5, 5.41) is 5.85. The molecule has 2 aromatic rings. The first-order valence-electron chi connectivity index (χ1n) is 8.21. The van der Waals surface area contributed by atoms with Crippen molar-refractivity contribution < 1.29 is 18.4 Å². The number of amides is 2. The van der Waals surface area contributed by atoms with Crippen LogP contribution in [0.15, 0.2) is 36.4 Å². The summed E-state index contributed by atoms with van der Waals surface area (Å²) in [4.78, 5) is 24.2. The molecule has 2 rings (SSSR count). The summed E-state index contributed by atoms with van der Waals surface area (Å²) in [5.74, 6) is -3.02. The summed E-state index contributed by atoms with van der Waals surface area (Å²) in [6.07, 6.45) is 1.26. The third-order valence-corrected chi connectivity index (χ3v) is 4.68. The number of likely N-dealkylation sites (N-methyl/N-ethyl adjacent to an activating group) is 1. The molecule has 0 bridgehead atoms. The second-order valence-corrected chi connectivity index (χ2v) is 6.70. The predicted octanol–water partition coefficient (Wildman–Crippen LogP) is 4.20. The molecule has 8 heteroatoms. The van der Waals surface area contributed by atoms with Gasteiger partial charge >= 0.3 is 0 Å². The first kappa shape index (κ1) is 21.1. The predicted molar refractivity (Wildman–Crippen MR) is 101 cm³/mol. The molecule has 0 aliphatic heterocycles. The van der Waals surface area contributed by atoms with Gasteiger partial charge in [-0.3, -0.25) is 9.59 Å². The second kappa shape index (κ2) is 9.67. The highest BCUT2D eigenvalue weighted by Crippen LogP contribution is 2.23. The van der Waals surface area contributed by atoms with Gasteiger partial charge in [-0.1, -0.05) is 35.3 Å². The number of aryl methyl sites for hydroxylation is 1. The van der Waals surface area contributed by atoms with Gasteiger partial charge in [0, 0.05) is 13.5 Å². The normalized spacial score (nSPS) is 11.7. The third kappa shape index (κ3) is 5.91. The number of halogens is 4. The number of benzene rings is 2. The topological polar surface area (TPSA) is 58.2 Å². The summed E-state index contributed by atoms with van der Waals surface area (Å²) in [7, 11) is 1.39. The molecule has 144 valence electrons. The Bertz CT molecular complexity index is 846. The minimum atomic E-state index is -1.11. The van der Waals surface area contributed by atoms with Crippen LogP contribution < -0.4 is 10.6 Å². The fraction of sp³-hybridized carbons (Fsp3) is 0.263. The van der Waals surface area contributed by atoms with Gasteiger partial charge in [0.15, 0.2) is 11.6 Å². The van der Waals surface area contributed by atoms with Crippen molar-refractivity contribution in [2.75, 3.05) is 7.05 Å². The van der Waals surface area contributed by atoms with Crippen LogP contribution >= 0.6 is 23.2 Å². The van der Waals surface area contributed by atoms with Crippen LogP contribution in [0.1, 0.15) is 30.0 Å². The molecule has 2 aromatic carbocycles. The molecule has 2 N–H and O–H groups in total. The van der Waals surface area contributed by atoms with Crippen molar-refractivity contribution in [1.29, 1.82) is 0 Å². The zero-order valence-electron chi connectivity index (χ0n) is 14.5. The number of rotatable bonds is 7. The molecule has 1 unspecified atom stereocenters. The van der Waals surface area contributed by atoms with E-state index in [-0.39, 0.29) is 17.9 Å². The minimum absolute atomic E-state index is 0.150. The average molecular weight is 415 g/mol. The van der Waals surface area contributed by atoms with E-state index in [1.165, 1.54) is 13.1 Å². The molecular formula is C19H18Cl2F2N2O2. The Morgan fingerprint density at radius 3 is 2.41 bits per heavy atom. The van der Waals surface area contributed by atoms with Crippen molar-refractivity contribution in [3.05, 3.63) is 69.2 Å². The highest BCUT2D eigenvalue weighted by Gasteiger charge is 2.22. The lowest BCUT2D eigenvalue weighted by Gasteiger charge is -2.18. The van der Waals surface area contributed by atoms with Gasteiger partial charge in [0.1, 0.15) is 6.04 Å². The van der Waals surface area contributed by atoms with E-state index in [0.717, 1.165) is 17.7 Å². The van der Waals surface area contributed by atoms with Gasteiger partial charge in [-0.25, -0.2) is 8.78 Å². The summed E-state index contributed by atoms with van der Waals surface area (Å²) in [5.41, 5.74) is 1.09. The fourth-order valence-corrected chi connectivity index (χ4v) is 2.84. The highest BCUT2D eigenvalue weighted by molar-refractivity contribution is 6.42. The van der Waals surface area contributed by atoms with E-state index in [1.54, 1.807) is 12.1 Å². The lowest BCUT2D eigenvalue weighted by molar-refractivity contribution is -0.129. The summed E-state index contributed by atoms with van der Waals surface area (Å²) >= 11 is 11.8. The lowest BCUT2D eigenvalue weighted by atomic mass is 10.0. The maximum absolute atomic E-state index is 13.5. The smallest absolute Gasteiger partial charge is 0.246 e. The Labute approximate surface area is 165 Å². The quantitative estimate of drug-likeness (QED) is 0.713. The molecule has 2 amide bonds. The Kier molecular flexibility index (Phi) is 7.56. The van der Waals surface area contributed by atoms with Crippen molar-refractivity contribution in [3.8, 4) is 0 Å². The van der Waals surface area contributed by atoms with Gasteiger partial charge in [-0.15, -0.1) is 0 Å². The van der Waals surface area contributed by atoms with Crippen molar-refractivity contribution in [3.63, 3.8) is 0 Å². The number of carbonyl (C=O) groups is 2. The molecule has 1 atom stereocenters. The van der Waals surface area contributed by atoms with Gasteiger partial charge in [0.05, 0.1) is 10.0 Å². The Morgan fingerprint density at radius 2 is 1.78 bits per heavy atom. The van der Waals surface area contributed by atoms with Gasteiger partial charge in [0.2, 0.25) is 11.8 Å².